The number of benzene rings is 1. The summed E-state index contributed by atoms with van der Waals surface area (Å²) >= 11 is 0. The molecule has 3 N–H and O–H groups in total. The Kier molecular flexibility index (Phi) is 5.13. The second-order valence-corrected chi connectivity index (χ2v) is 4.54. The number of ether oxygens (including phenoxy) is 2. The fourth-order valence-corrected chi connectivity index (χ4v) is 1.97. The first-order valence-electron chi connectivity index (χ1n) is 6.73. The van der Waals surface area contributed by atoms with Crippen LogP contribution in [-0.4, -0.2) is 41.9 Å². The third-order valence-corrected chi connectivity index (χ3v) is 3.09. The van der Waals surface area contributed by atoms with E-state index in [0.29, 0.717) is 17.9 Å². The van der Waals surface area contributed by atoms with Gasteiger partial charge < -0.3 is 14.8 Å². The Morgan fingerprint density at radius 2 is 2.04 bits per heavy atom. The van der Waals surface area contributed by atoms with Gasteiger partial charge in [0.05, 0.1) is 14.2 Å². The van der Waals surface area contributed by atoms with Gasteiger partial charge in [0.1, 0.15) is 11.5 Å². The van der Waals surface area contributed by atoms with E-state index in [0.717, 1.165) is 5.56 Å². The Morgan fingerprint density at radius 1 is 1.26 bits per heavy atom. The number of carbonyl (C=O) groups is 1. The maximum atomic E-state index is 11.9. The molecule has 0 bridgehead atoms. The van der Waals surface area contributed by atoms with Gasteiger partial charge in [-0.1, -0.05) is 0 Å². The lowest BCUT2D eigenvalue weighted by Gasteiger charge is -2.10. The van der Waals surface area contributed by atoms with E-state index < -0.39 is 22.9 Å². The number of aromatic amines is 2. The van der Waals surface area contributed by atoms with Gasteiger partial charge in [0.2, 0.25) is 5.69 Å². The molecule has 1 aromatic carbocycles. The van der Waals surface area contributed by atoms with Gasteiger partial charge in [0.25, 0.3) is 11.5 Å². The SMILES string of the molecule is COc1ccc(OC)c(CCNC(=O)c2n[nH]c(=O)[nH]c2=O)c1. The molecule has 2 rings (SSSR count). The minimum atomic E-state index is -0.842. The lowest BCUT2D eigenvalue weighted by molar-refractivity contribution is 0.0946. The van der Waals surface area contributed by atoms with Gasteiger partial charge >= 0.3 is 5.69 Å². The van der Waals surface area contributed by atoms with Crippen LogP contribution in [0.2, 0.25) is 0 Å². The second-order valence-electron chi connectivity index (χ2n) is 4.54. The molecule has 122 valence electrons. The van der Waals surface area contributed by atoms with E-state index in [4.69, 9.17) is 9.47 Å². The molecule has 9 nitrogen and oxygen atoms in total. The van der Waals surface area contributed by atoms with E-state index in [2.05, 4.69) is 10.4 Å². The second kappa shape index (κ2) is 7.25. The minimum absolute atomic E-state index is 0.253. The minimum Gasteiger partial charge on any atom is -0.497 e. The summed E-state index contributed by atoms with van der Waals surface area (Å²) in [5.41, 5.74) is -1.17. The molecule has 1 amide bonds. The Bertz CT molecular complexity index is 811. The number of carbonyl (C=O) groups excluding carboxylic acids is 1. The molecule has 0 saturated heterocycles. The largest absolute Gasteiger partial charge is 0.497 e. The molecule has 0 spiro atoms. The van der Waals surface area contributed by atoms with Crippen LogP contribution in [0.1, 0.15) is 16.1 Å². The van der Waals surface area contributed by atoms with Crippen molar-refractivity contribution in [2.75, 3.05) is 20.8 Å². The van der Waals surface area contributed by atoms with E-state index in [1.807, 2.05) is 10.1 Å². The Labute approximate surface area is 130 Å². The summed E-state index contributed by atoms with van der Waals surface area (Å²) in [6, 6.07) is 5.34. The van der Waals surface area contributed by atoms with E-state index in [9.17, 15) is 14.4 Å². The molecule has 0 aliphatic carbocycles. The summed E-state index contributed by atoms with van der Waals surface area (Å²) in [6.07, 6.45) is 0.466. The number of H-pyrrole nitrogens is 2. The topological polar surface area (TPSA) is 126 Å². The van der Waals surface area contributed by atoms with Crippen LogP contribution in [0.15, 0.2) is 27.8 Å². The zero-order valence-corrected chi connectivity index (χ0v) is 12.6. The molecule has 23 heavy (non-hydrogen) atoms. The monoisotopic (exact) mass is 320 g/mol. The third kappa shape index (κ3) is 3.96. The number of hydrogen-bond donors (Lipinski definition) is 3. The molecule has 0 unspecified atom stereocenters. The van der Waals surface area contributed by atoms with Crippen LogP contribution in [0.25, 0.3) is 0 Å². The van der Waals surface area contributed by atoms with Crippen LogP contribution in [0.4, 0.5) is 0 Å². The molecule has 0 aliphatic rings. The van der Waals surface area contributed by atoms with Gasteiger partial charge in [-0.25, -0.2) is 9.89 Å². The van der Waals surface area contributed by atoms with Crippen molar-refractivity contribution in [1.82, 2.24) is 20.5 Å². The van der Waals surface area contributed by atoms with Crippen molar-refractivity contribution in [2.24, 2.45) is 0 Å². The molecular weight excluding hydrogens is 304 g/mol. The summed E-state index contributed by atoms with van der Waals surface area (Å²) in [5, 5.41) is 7.99. The Morgan fingerprint density at radius 3 is 2.70 bits per heavy atom. The first-order chi connectivity index (χ1) is 11.0. The highest BCUT2D eigenvalue weighted by atomic mass is 16.5. The molecule has 0 aliphatic heterocycles. The normalized spacial score (nSPS) is 10.2. The zero-order valence-electron chi connectivity index (χ0n) is 12.6. The van der Waals surface area contributed by atoms with Gasteiger partial charge in [-0.05, 0) is 30.2 Å². The highest BCUT2D eigenvalue weighted by Crippen LogP contribution is 2.24. The van der Waals surface area contributed by atoms with Crippen molar-refractivity contribution in [1.29, 1.82) is 0 Å². The Hall–Kier alpha value is -3.10. The van der Waals surface area contributed by atoms with Crippen molar-refractivity contribution >= 4 is 5.91 Å². The van der Waals surface area contributed by atoms with Gasteiger partial charge in [-0.15, -0.1) is 0 Å². The summed E-state index contributed by atoms with van der Waals surface area (Å²) < 4.78 is 10.4. The molecule has 1 heterocycles. The van der Waals surface area contributed by atoms with E-state index in [1.54, 1.807) is 32.4 Å². The summed E-state index contributed by atoms with van der Waals surface area (Å²) in [7, 11) is 3.11. The first-order valence-corrected chi connectivity index (χ1v) is 6.73. The summed E-state index contributed by atoms with van der Waals surface area (Å²) in [6.45, 7) is 0.253. The van der Waals surface area contributed by atoms with Crippen molar-refractivity contribution in [3.63, 3.8) is 0 Å². The van der Waals surface area contributed by atoms with Crippen LogP contribution in [0.3, 0.4) is 0 Å². The first kappa shape index (κ1) is 16.3. The Balaban J connectivity index is 2.03. The van der Waals surface area contributed by atoms with E-state index in [1.165, 1.54) is 0 Å². The molecule has 1 aromatic heterocycles. The van der Waals surface area contributed by atoms with Crippen molar-refractivity contribution < 1.29 is 14.3 Å². The lowest BCUT2D eigenvalue weighted by Crippen LogP contribution is -2.36. The van der Waals surface area contributed by atoms with Crippen molar-refractivity contribution in [3.8, 4) is 11.5 Å². The van der Waals surface area contributed by atoms with Crippen LogP contribution < -0.4 is 26.0 Å². The van der Waals surface area contributed by atoms with Crippen LogP contribution in [0, 0.1) is 0 Å². The van der Waals surface area contributed by atoms with Crippen molar-refractivity contribution in [3.05, 3.63) is 50.3 Å². The van der Waals surface area contributed by atoms with Crippen LogP contribution >= 0.6 is 0 Å². The highest BCUT2D eigenvalue weighted by molar-refractivity contribution is 5.91. The molecule has 0 saturated carbocycles. The van der Waals surface area contributed by atoms with E-state index in [-0.39, 0.29) is 6.54 Å². The maximum Gasteiger partial charge on any atom is 0.342 e. The molecule has 9 heteroatoms. The number of hydrogen-bond acceptors (Lipinski definition) is 6. The van der Waals surface area contributed by atoms with Gasteiger partial charge in [-0.3, -0.25) is 14.6 Å². The standard InChI is InChI=1S/C14H16N4O5/c1-22-9-3-4-10(23-2)8(7-9)5-6-15-12(19)11-13(20)16-14(21)18-17-11/h3-4,7H,5-6H2,1-2H3,(H,15,19)(H2,16,18,20,21). The highest BCUT2D eigenvalue weighted by Gasteiger charge is 2.13. The van der Waals surface area contributed by atoms with Gasteiger partial charge in [0.15, 0.2) is 0 Å². The number of nitrogens with one attached hydrogen (secondary N) is 3. The third-order valence-electron chi connectivity index (χ3n) is 3.09. The number of amides is 1. The average molecular weight is 320 g/mol. The number of methoxy groups -OCH3 is 2. The predicted octanol–water partition coefficient (Wildman–Crippen LogP) is -0.552. The fourth-order valence-electron chi connectivity index (χ4n) is 1.97. The fraction of sp³-hybridized carbons (Fsp3) is 0.286. The van der Waals surface area contributed by atoms with E-state index >= 15 is 0 Å². The number of aromatic nitrogens is 3. The summed E-state index contributed by atoms with van der Waals surface area (Å²) in [5.74, 6) is 0.662. The predicted molar refractivity (Wildman–Crippen MR) is 81.1 cm³/mol. The molecular formula is C14H16N4O5. The maximum absolute atomic E-state index is 11.9. The van der Waals surface area contributed by atoms with Gasteiger partial charge in [0, 0.05) is 6.54 Å². The molecule has 0 radical (unpaired) electrons. The lowest BCUT2D eigenvalue weighted by atomic mass is 10.1. The van der Waals surface area contributed by atoms with Crippen LogP contribution in [-0.2, 0) is 6.42 Å². The summed E-state index contributed by atoms with van der Waals surface area (Å²) in [4.78, 5) is 36.1. The van der Waals surface area contributed by atoms with Crippen LogP contribution in [0.5, 0.6) is 11.5 Å². The quantitative estimate of drug-likeness (QED) is 0.655. The molecule has 2 aromatic rings. The molecule has 0 atom stereocenters. The number of rotatable bonds is 6. The smallest absolute Gasteiger partial charge is 0.342 e. The average Bonchev–Trinajstić information content (AvgIpc) is 2.54. The van der Waals surface area contributed by atoms with Crippen molar-refractivity contribution in [2.45, 2.75) is 6.42 Å². The van der Waals surface area contributed by atoms with Gasteiger partial charge in [-0.2, -0.15) is 5.10 Å². The zero-order chi connectivity index (χ0) is 16.8. The molecule has 0 fully saturated rings. The number of nitrogens with zero attached hydrogens (tertiary/aromatic N) is 1.